The van der Waals surface area contributed by atoms with Crippen molar-refractivity contribution in [1.82, 2.24) is 4.57 Å². The summed E-state index contributed by atoms with van der Waals surface area (Å²) >= 11 is 1.18. The van der Waals surface area contributed by atoms with Crippen LogP contribution in [0.4, 0.5) is 11.4 Å². The number of nitro groups is 1. The lowest BCUT2D eigenvalue weighted by atomic mass is 10.3. The van der Waals surface area contributed by atoms with Crippen LogP contribution in [-0.2, 0) is 11.8 Å². The fourth-order valence-electron chi connectivity index (χ4n) is 1.70. The number of benzene rings is 1. The predicted molar refractivity (Wildman–Crippen MR) is 77.7 cm³/mol. The van der Waals surface area contributed by atoms with Crippen LogP contribution in [-0.4, -0.2) is 22.6 Å². The highest BCUT2D eigenvalue weighted by molar-refractivity contribution is 7.11. The largest absolute Gasteiger partial charge is 0.465 e. The number of carbonyl (C=O) groups is 1. The Morgan fingerprint density at radius 1 is 1.48 bits per heavy atom. The topological polar surface area (TPSA) is 86.7 Å². The fraction of sp³-hybridized carbons (Fsp3) is 0.231. The first-order valence-electron chi connectivity index (χ1n) is 5.98. The first kappa shape index (κ1) is 14.9. The van der Waals surface area contributed by atoms with Gasteiger partial charge >= 0.3 is 5.97 Å². The Morgan fingerprint density at radius 2 is 2.19 bits per heavy atom. The summed E-state index contributed by atoms with van der Waals surface area (Å²) in [6.07, 6.45) is 0. The zero-order chi connectivity index (χ0) is 15.6. The van der Waals surface area contributed by atoms with E-state index in [1.54, 1.807) is 30.7 Å². The van der Waals surface area contributed by atoms with Crippen molar-refractivity contribution in [3.8, 4) is 0 Å². The molecule has 0 aliphatic heterocycles. The van der Waals surface area contributed by atoms with Gasteiger partial charge in [0.2, 0.25) is 0 Å². The second kappa shape index (κ2) is 5.88. The SMILES string of the molecule is COC(=O)c1sc(=Nc2cccc([N+](=O)[O-])c2)n(C)c1C. The molecule has 1 aromatic carbocycles. The summed E-state index contributed by atoms with van der Waals surface area (Å²) in [4.78, 5) is 27.3. The van der Waals surface area contributed by atoms with E-state index in [2.05, 4.69) is 4.99 Å². The zero-order valence-corrected chi connectivity index (χ0v) is 12.5. The Bertz CT molecular complexity index is 776. The third-order valence-electron chi connectivity index (χ3n) is 2.95. The minimum absolute atomic E-state index is 0.0274. The number of hydrogen-bond acceptors (Lipinski definition) is 6. The molecule has 2 rings (SSSR count). The standard InChI is InChI=1S/C13H13N3O4S/c1-8-11(12(17)20-3)21-13(15(8)2)14-9-5-4-6-10(7-9)16(18)19/h4-7H,1-3H3. The van der Waals surface area contributed by atoms with Gasteiger partial charge in [-0.2, -0.15) is 0 Å². The molecule has 8 heteroatoms. The molecule has 0 N–H and O–H groups in total. The maximum absolute atomic E-state index is 11.6. The normalized spacial score (nSPS) is 11.5. The summed E-state index contributed by atoms with van der Waals surface area (Å²) in [5.41, 5.74) is 1.16. The van der Waals surface area contributed by atoms with E-state index >= 15 is 0 Å². The van der Waals surface area contributed by atoms with E-state index in [1.165, 1.54) is 30.6 Å². The van der Waals surface area contributed by atoms with Gasteiger partial charge in [0, 0.05) is 24.9 Å². The summed E-state index contributed by atoms with van der Waals surface area (Å²) in [5, 5.41) is 10.8. The summed E-state index contributed by atoms with van der Waals surface area (Å²) in [5.74, 6) is -0.423. The quantitative estimate of drug-likeness (QED) is 0.494. The van der Waals surface area contributed by atoms with Crippen LogP contribution in [0.1, 0.15) is 15.4 Å². The lowest BCUT2D eigenvalue weighted by molar-refractivity contribution is -0.384. The van der Waals surface area contributed by atoms with Crippen LogP contribution in [0.5, 0.6) is 0 Å². The highest BCUT2D eigenvalue weighted by Crippen LogP contribution is 2.20. The van der Waals surface area contributed by atoms with Crippen LogP contribution in [0.3, 0.4) is 0 Å². The Kier molecular flexibility index (Phi) is 4.18. The second-order valence-corrected chi connectivity index (χ2v) is 5.22. The van der Waals surface area contributed by atoms with Gasteiger partial charge in [0.1, 0.15) is 4.88 Å². The molecule has 0 spiro atoms. The molecule has 110 valence electrons. The van der Waals surface area contributed by atoms with Crippen molar-refractivity contribution in [2.45, 2.75) is 6.92 Å². The highest BCUT2D eigenvalue weighted by Gasteiger charge is 2.15. The lowest BCUT2D eigenvalue weighted by Crippen LogP contribution is -2.11. The number of ether oxygens (including phenoxy) is 1. The van der Waals surface area contributed by atoms with E-state index in [0.717, 1.165) is 5.69 Å². The average molecular weight is 307 g/mol. The number of methoxy groups -OCH3 is 1. The van der Waals surface area contributed by atoms with E-state index in [-0.39, 0.29) is 5.69 Å². The molecule has 0 saturated carbocycles. The fourth-order valence-corrected chi connectivity index (χ4v) is 2.75. The smallest absolute Gasteiger partial charge is 0.349 e. The van der Waals surface area contributed by atoms with Gasteiger partial charge < -0.3 is 9.30 Å². The maximum Gasteiger partial charge on any atom is 0.349 e. The number of carbonyl (C=O) groups excluding carboxylic acids is 1. The van der Waals surface area contributed by atoms with E-state index in [9.17, 15) is 14.9 Å². The number of hydrogen-bond donors (Lipinski definition) is 0. The predicted octanol–water partition coefficient (Wildman–Crippen LogP) is 2.32. The molecule has 21 heavy (non-hydrogen) atoms. The van der Waals surface area contributed by atoms with Gasteiger partial charge in [-0.3, -0.25) is 10.1 Å². The van der Waals surface area contributed by atoms with Gasteiger partial charge in [0.15, 0.2) is 4.80 Å². The lowest BCUT2D eigenvalue weighted by Gasteiger charge is -1.98. The summed E-state index contributed by atoms with van der Waals surface area (Å²) < 4.78 is 6.46. The first-order chi connectivity index (χ1) is 9.93. The van der Waals surface area contributed by atoms with Crippen LogP contribution >= 0.6 is 11.3 Å². The van der Waals surface area contributed by atoms with Crippen LogP contribution in [0.2, 0.25) is 0 Å². The number of rotatable bonds is 3. The third kappa shape index (κ3) is 3.00. The molecule has 1 aromatic heterocycles. The van der Waals surface area contributed by atoms with E-state index in [0.29, 0.717) is 15.4 Å². The highest BCUT2D eigenvalue weighted by atomic mass is 32.1. The van der Waals surface area contributed by atoms with Crippen molar-refractivity contribution < 1.29 is 14.5 Å². The summed E-state index contributed by atoms with van der Waals surface area (Å²) in [7, 11) is 3.09. The summed E-state index contributed by atoms with van der Waals surface area (Å²) in [6, 6.07) is 6.02. The van der Waals surface area contributed by atoms with E-state index in [1.807, 2.05) is 0 Å². The van der Waals surface area contributed by atoms with Crippen molar-refractivity contribution in [3.63, 3.8) is 0 Å². The molecule has 0 radical (unpaired) electrons. The van der Waals surface area contributed by atoms with Crippen LogP contribution < -0.4 is 4.80 Å². The minimum atomic E-state index is -0.474. The average Bonchev–Trinajstić information content (AvgIpc) is 2.75. The number of non-ortho nitro benzene ring substituents is 1. The van der Waals surface area contributed by atoms with Gasteiger partial charge in [-0.25, -0.2) is 9.79 Å². The van der Waals surface area contributed by atoms with Crippen LogP contribution in [0.25, 0.3) is 0 Å². The zero-order valence-electron chi connectivity index (χ0n) is 11.7. The van der Waals surface area contributed by atoms with Gasteiger partial charge in [-0.1, -0.05) is 17.4 Å². The molecule has 0 bridgehead atoms. The third-order valence-corrected chi connectivity index (χ3v) is 4.16. The molecule has 0 saturated heterocycles. The van der Waals surface area contributed by atoms with E-state index < -0.39 is 10.9 Å². The van der Waals surface area contributed by atoms with Gasteiger partial charge in [-0.05, 0) is 13.0 Å². The molecule has 1 heterocycles. The Labute approximate surface area is 124 Å². The first-order valence-corrected chi connectivity index (χ1v) is 6.79. The van der Waals surface area contributed by atoms with Crippen molar-refractivity contribution >= 4 is 28.7 Å². The Balaban J connectivity index is 2.54. The molecular weight excluding hydrogens is 294 g/mol. The van der Waals surface area contributed by atoms with Crippen molar-refractivity contribution in [3.05, 3.63) is 49.8 Å². The molecule has 7 nitrogen and oxygen atoms in total. The maximum atomic E-state index is 11.6. The van der Waals surface area contributed by atoms with Gasteiger partial charge in [-0.15, -0.1) is 0 Å². The Morgan fingerprint density at radius 3 is 2.81 bits per heavy atom. The van der Waals surface area contributed by atoms with Gasteiger partial charge in [0.05, 0.1) is 17.7 Å². The number of thiazole rings is 1. The van der Waals surface area contributed by atoms with Crippen LogP contribution in [0.15, 0.2) is 29.3 Å². The second-order valence-electron chi connectivity index (χ2n) is 4.24. The monoisotopic (exact) mass is 307 g/mol. The van der Waals surface area contributed by atoms with E-state index in [4.69, 9.17) is 4.74 Å². The molecule has 0 aliphatic carbocycles. The molecule has 0 amide bonds. The number of esters is 1. The molecule has 0 fully saturated rings. The Hall–Kier alpha value is -2.48. The van der Waals surface area contributed by atoms with Crippen molar-refractivity contribution in [2.24, 2.45) is 12.0 Å². The molecule has 2 aromatic rings. The molecule has 0 aliphatic rings. The molecule has 0 atom stereocenters. The molecular formula is C13H13N3O4S. The minimum Gasteiger partial charge on any atom is -0.465 e. The molecule has 0 unspecified atom stereocenters. The number of aromatic nitrogens is 1. The van der Waals surface area contributed by atoms with Crippen molar-refractivity contribution in [2.75, 3.05) is 7.11 Å². The van der Waals surface area contributed by atoms with Crippen LogP contribution in [0, 0.1) is 17.0 Å². The van der Waals surface area contributed by atoms with Gasteiger partial charge in [0.25, 0.3) is 5.69 Å². The number of nitro benzene ring substituents is 1. The summed E-state index contributed by atoms with van der Waals surface area (Å²) in [6.45, 7) is 1.79. The number of nitrogens with zero attached hydrogens (tertiary/aromatic N) is 3. The van der Waals surface area contributed by atoms with Crippen molar-refractivity contribution in [1.29, 1.82) is 0 Å².